The highest BCUT2D eigenvalue weighted by atomic mass is 15.2. The summed E-state index contributed by atoms with van der Waals surface area (Å²) in [7, 11) is 0. The van der Waals surface area contributed by atoms with Crippen molar-refractivity contribution in [2.75, 3.05) is 9.80 Å². The molecule has 160 valence electrons. The van der Waals surface area contributed by atoms with E-state index in [2.05, 4.69) is 156 Å². The largest absolute Gasteiger partial charge is 0.308 e. The first kappa shape index (κ1) is 20.6. The summed E-state index contributed by atoms with van der Waals surface area (Å²) in [6.07, 6.45) is 0. The van der Waals surface area contributed by atoms with Gasteiger partial charge in [0.2, 0.25) is 0 Å². The summed E-state index contributed by atoms with van der Waals surface area (Å²) in [5, 5.41) is 0. The van der Waals surface area contributed by atoms with Crippen LogP contribution in [0, 0.1) is 6.92 Å². The highest BCUT2D eigenvalue weighted by Gasteiger charge is 2.22. The van der Waals surface area contributed by atoms with Gasteiger partial charge in [0.05, 0.1) is 11.4 Å². The molecular formula is C31H26N2. The minimum absolute atomic E-state index is 1.11. The number of aryl methyl sites for hydroxylation is 1. The summed E-state index contributed by atoms with van der Waals surface area (Å²) in [5.41, 5.74) is 7.98. The van der Waals surface area contributed by atoms with Gasteiger partial charge in [0.1, 0.15) is 0 Å². The van der Waals surface area contributed by atoms with Crippen molar-refractivity contribution < 1.29 is 0 Å². The van der Waals surface area contributed by atoms with Gasteiger partial charge in [-0.1, -0.05) is 84.9 Å². The summed E-state index contributed by atoms with van der Waals surface area (Å²) in [6, 6.07) is 48.8. The van der Waals surface area contributed by atoms with E-state index in [4.69, 9.17) is 0 Å². The van der Waals surface area contributed by atoms with Crippen LogP contribution in [0.1, 0.15) is 5.56 Å². The monoisotopic (exact) mass is 426 g/mol. The fraction of sp³-hybridized carbons (Fsp3) is 0.0323. The van der Waals surface area contributed by atoms with E-state index >= 15 is 0 Å². The van der Waals surface area contributed by atoms with Crippen LogP contribution >= 0.6 is 0 Å². The van der Waals surface area contributed by atoms with Gasteiger partial charge in [-0.15, -0.1) is 0 Å². The van der Waals surface area contributed by atoms with Gasteiger partial charge >= 0.3 is 0 Å². The number of rotatable bonds is 6. The maximum atomic E-state index is 2.35. The SMILES string of the molecule is Cc1ccccc1N(c1ccccc1)c1ccccc1N(c1ccccc1)c1ccccc1. The molecule has 33 heavy (non-hydrogen) atoms. The molecule has 0 fully saturated rings. The molecule has 0 saturated heterocycles. The van der Waals surface area contributed by atoms with Crippen LogP contribution in [0.25, 0.3) is 0 Å². The van der Waals surface area contributed by atoms with E-state index in [1.807, 2.05) is 0 Å². The lowest BCUT2D eigenvalue weighted by molar-refractivity contribution is 1.21. The smallest absolute Gasteiger partial charge is 0.0702 e. The van der Waals surface area contributed by atoms with E-state index in [0.29, 0.717) is 0 Å². The predicted octanol–water partition coefficient (Wildman–Crippen LogP) is 8.93. The maximum absolute atomic E-state index is 2.35. The minimum atomic E-state index is 1.11. The van der Waals surface area contributed by atoms with E-state index in [0.717, 1.165) is 34.1 Å². The molecule has 0 aliphatic rings. The van der Waals surface area contributed by atoms with E-state index < -0.39 is 0 Å². The number of benzene rings is 5. The van der Waals surface area contributed by atoms with Crippen LogP contribution in [0.2, 0.25) is 0 Å². The van der Waals surface area contributed by atoms with Crippen molar-refractivity contribution in [1.82, 2.24) is 0 Å². The van der Waals surface area contributed by atoms with E-state index in [-0.39, 0.29) is 0 Å². The molecule has 2 nitrogen and oxygen atoms in total. The first-order valence-electron chi connectivity index (χ1n) is 11.2. The van der Waals surface area contributed by atoms with Crippen LogP contribution in [-0.2, 0) is 0 Å². The van der Waals surface area contributed by atoms with Crippen LogP contribution in [-0.4, -0.2) is 0 Å². The summed E-state index contributed by atoms with van der Waals surface area (Å²) >= 11 is 0. The molecule has 0 N–H and O–H groups in total. The van der Waals surface area contributed by atoms with Gasteiger partial charge in [-0.25, -0.2) is 0 Å². The van der Waals surface area contributed by atoms with Crippen molar-refractivity contribution in [3.63, 3.8) is 0 Å². The third kappa shape index (κ3) is 4.24. The summed E-state index contributed by atoms with van der Waals surface area (Å²) in [6.45, 7) is 2.17. The third-order valence-electron chi connectivity index (χ3n) is 5.76. The maximum Gasteiger partial charge on any atom is 0.0702 e. The van der Waals surface area contributed by atoms with E-state index in [1.165, 1.54) is 5.56 Å². The Hall–Kier alpha value is -4.30. The average molecular weight is 427 g/mol. The fourth-order valence-electron chi connectivity index (χ4n) is 4.22. The summed E-state index contributed by atoms with van der Waals surface area (Å²) in [5.74, 6) is 0. The standard InChI is InChI=1S/C31H26N2/c1-25-15-11-12-22-29(25)33(28-20-9-4-10-21-28)31-24-14-13-23-30(31)32(26-16-5-2-6-17-26)27-18-7-3-8-19-27/h2-24H,1H3. The van der Waals surface area contributed by atoms with Crippen molar-refractivity contribution in [3.8, 4) is 0 Å². The highest BCUT2D eigenvalue weighted by molar-refractivity contribution is 5.91. The number of nitrogens with zero attached hydrogens (tertiary/aromatic N) is 2. The number of para-hydroxylation sites is 6. The van der Waals surface area contributed by atoms with E-state index in [1.54, 1.807) is 0 Å². The molecule has 5 aromatic carbocycles. The normalized spacial score (nSPS) is 10.6. The summed E-state index contributed by atoms with van der Waals surface area (Å²) < 4.78 is 0. The first-order valence-corrected chi connectivity index (χ1v) is 11.2. The third-order valence-corrected chi connectivity index (χ3v) is 5.76. The highest BCUT2D eigenvalue weighted by Crippen LogP contribution is 2.45. The zero-order chi connectivity index (χ0) is 22.5. The second kappa shape index (κ2) is 9.46. The molecule has 0 aromatic heterocycles. The van der Waals surface area contributed by atoms with Gasteiger partial charge in [0.25, 0.3) is 0 Å². The van der Waals surface area contributed by atoms with Crippen LogP contribution in [0.3, 0.4) is 0 Å². The lowest BCUT2D eigenvalue weighted by atomic mass is 10.1. The second-order valence-electron chi connectivity index (χ2n) is 7.95. The van der Waals surface area contributed by atoms with Gasteiger partial charge in [-0.2, -0.15) is 0 Å². The first-order chi connectivity index (χ1) is 16.3. The molecule has 0 saturated carbocycles. The molecule has 5 rings (SSSR count). The van der Waals surface area contributed by atoms with Gasteiger partial charge in [0.15, 0.2) is 0 Å². The van der Waals surface area contributed by atoms with Gasteiger partial charge in [-0.3, -0.25) is 0 Å². The quantitative estimate of drug-likeness (QED) is 0.267. The van der Waals surface area contributed by atoms with Gasteiger partial charge in [0, 0.05) is 22.7 Å². The average Bonchev–Trinajstić information content (AvgIpc) is 2.88. The Labute approximate surface area is 196 Å². The molecular weight excluding hydrogens is 400 g/mol. The topological polar surface area (TPSA) is 6.48 Å². The minimum Gasteiger partial charge on any atom is -0.308 e. The Balaban J connectivity index is 1.76. The van der Waals surface area contributed by atoms with Crippen molar-refractivity contribution in [2.24, 2.45) is 0 Å². The summed E-state index contributed by atoms with van der Waals surface area (Å²) in [4.78, 5) is 4.67. The Morgan fingerprint density at radius 3 is 1.12 bits per heavy atom. The van der Waals surface area contributed by atoms with Crippen LogP contribution in [0.4, 0.5) is 34.1 Å². The van der Waals surface area contributed by atoms with Crippen LogP contribution < -0.4 is 9.80 Å². The van der Waals surface area contributed by atoms with Crippen LogP contribution in [0.15, 0.2) is 140 Å². The van der Waals surface area contributed by atoms with Crippen molar-refractivity contribution in [2.45, 2.75) is 6.92 Å². The van der Waals surface area contributed by atoms with Gasteiger partial charge < -0.3 is 9.80 Å². The molecule has 0 aliphatic heterocycles. The molecule has 5 aromatic rings. The Morgan fingerprint density at radius 2 is 0.667 bits per heavy atom. The number of anilines is 6. The van der Waals surface area contributed by atoms with Crippen molar-refractivity contribution in [1.29, 1.82) is 0 Å². The van der Waals surface area contributed by atoms with Crippen molar-refractivity contribution in [3.05, 3.63) is 145 Å². The van der Waals surface area contributed by atoms with Crippen molar-refractivity contribution >= 4 is 34.1 Å². The molecule has 0 heterocycles. The fourth-order valence-corrected chi connectivity index (χ4v) is 4.22. The molecule has 0 radical (unpaired) electrons. The molecule has 0 aliphatic carbocycles. The second-order valence-corrected chi connectivity index (χ2v) is 7.95. The van der Waals surface area contributed by atoms with E-state index in [9.17, 15) is 0 Å². The predicted molar refractivity (Wildman–Crippen MR) is 141 cm³/mol. The number of hydrogen-bond acceptors (Lipinski definition) is 2. The Bertz CT molecular complexity index is 1280. The van der Waals surface area contributed by atoms with Crippen LogP contribution in [0.5, 0.6) is 0 Å². The zero-order valence-corrected chi connectivity index (χ0v) is 18.7. The zero-order valence-electron chi connectivity index (χ0n) is 18.7. The Morgan fingerprint density at radius 1 is 0.333 bits per heavy atom. The molecule has 0 spiro atoms. The lowest BCUT2D eigenvalue weighted by Gasteiger charge is -2.33. The molecule has 2 heteroatoms. The van der Waals surface area contributed by atoms with Gasteiger partial charge in [-0.05, 0) is 67.1 Å². The molecule has 0 unspecified atom stereocenters. The lowest BCUT2D eigenvalue weighted by Crippen LogP contribution is -2.17. The number of hydrogen-bond donors (Lipinski definition) is 0. The molecule has 0 bridgehead atoms. The Kier molecular flexibility index (Phi) is 5.90. The molecule has 0 atom stereocenters. The molecule has 0 amide bonds.